The average Bonchev–Trinajstić information content (AvgIpc) is 2.87. The number of fused-ring (bicyclic) bond motifs is 1. The normalized spacial score (nSPS) is 27.0. The molecule has 0 unspecified atom stereocenters. The van der Waals surface area contributed by atoms with Crippen molar-refractivity contribution in [3.05, 3.63) is 28.3 Å². The lowest BCUT2D eigenvalue weighted by Gasteiger charge is -2.38. The van der Waals surface area contributed by atoms with Gasteiger partial charge in [-0.2, -0.15) is 4.31 Å². The van der Waals surface area contributed by atoms with Crippen molar-refractivity contribution >= 4 is 16.0 Å². The number of nitrogens with zero attached hydrogens (tertiary/aromatic N) is 1. The number of carboxylic acids is 1. The van der Waals surface area contributed by atoms with E-state index >= 15 is 0 Å². The summed E-state index contributed by atoms with van der Waals surface area (Å²) in [6, 6.07) is 1.79. The molecule has 3 fully saturated rings. The smallest absolute Gasteiger partial charge is 0.307 e. The molecule has 23 heavy (non-hydrogen) atoms. The van der Waals surface area contributed by atoms with Gasteiger partial charge >= 0.3 is 5.97 Å². The molecule has 1 N–H and O–H groups in total. The first-order chi connectivity index (χ1) is 10.6. The van der Waals surface area contributed by atoms with Gasteiger partial charge in [0.15, 0.2) is 0 Å². The number of sulfonamides is 1. The van der Waals surface area contributed by atoms with E-state index in [4.69, 9.17) is 5.11 Å². The van der Waals surface area contributed by atoms with Crippen molar-refractivity contribution < 1.29 is 18.3 Å². The van der Waals surface area contributed by atoms with E-state index in [9.17, 15) is 13.2 Å². The van der Waals surface area contributed by atoms with Crippen molar-refractivity contribution in [1.82, 2.24) is 4.31 Å². The summed E-state index contributed by atoms with van der Waals surface area (Å²) >= 11 is 0. The molecule has 0 atom stereocenters. The lowest BCUT2D eigenvalue weighted by Crippen LogP contribution is -2.45. The Labute approximate surface area is 137 Å². The summed E-state index contributed by atoms with van der Waals surface area (Å²) in [5.41, 5.74) is 2.45. The van der Waals surface area contributed by atoms with Crippen LogP contribution in [0.4, 0.5) is 0 Å². The molecule has 2 saturated heterocycles. The van der Waals surface area contributed by atoms with Gasteiger partial charge in [-0.1, -0.05) is 6.07 Å². The molecule has 6 heteroatoms. The predicted molar refractivity (Wildman–Crippen MR) is 87.0 cm³/mol. The molecule has 2 aliphatic heterocycles. The molecule has 0 amide bonds. The summed E-state index contributed by atoms with van der Waals surface area (Å²) < 4.78 is 28.1. The molecule has 1 saturated carbocycles. The lowest BCUT2D eigenvalue weighted by molar-refractivity contribution is -0.136. The zero-order valence-corrected chi connectivity index (χ0v) is 14.8. The maximum atomic E-state index is 13.2. The fourth-order valence-corrected chi connectivity index (χ4v) is 6.83. The molecule has 2 bridgehead atoms. The van der Waals surface area contributed by atoms with Crippen molar-refractivity contribution in [3.63, 3.8) is 0 Å². The second kappa shape index (κ2) is 5.05. The topological polar surface area (TPSA) is 74.7 Å². The Bertz CT molecular complexity index is 791. The monoisotopic (exact) mass is 337 g/mol. The van der Waals surface area contributed by atoms with Crippen LogP contribution in [0.15, 0.2) is 11.0 Å². The number of carbonyl (C=O) groups is 1. The van der Waals surface area contributed by atoms with E-state index in [0.29, 0.717) is 34.0 Å². The third-order valence-corrected chi connectivity index (χ3v) is 7.73. The van der Waals surface area contributed by atoms with Crippen LogP contribution in [0.1, 0.15) is 42.0 Å². The van der Waals surface area contributed by atoms with Crippen LogP contribution in [-0.2, 0) is 21.2 Å². The molecular formula is C17H23NO4S. The third kappa shape index (κ3) is 2.39. The number of aliphatic carboxylic acids is 1. The number of rotatable bonds is 4. The van der Waals surface area contributed by atoms with Gasteiger partial charge in [0.25, 0.3) is 0 Å². The first kappa shape index (κ1) is 16.5. The molecule has 1 aliphatic carbocycles. The summed E-state index contributed by atoms with van der Waals surface area (Å²) in [7, 11) is -3.60. The quantitative estimate of drug-likeness (QED) is 0.915. The van der Waals surface area contributed by atoms with E-state index in [-0.39, 0.29) is 12.0 Å². The fourth-order valence-electron chi connectivity index (χ4n) is 4.50. The van der Waals surface area contributed by atoms with Crippen LogP contribution in [0, 0.1) is 26.7 Å². The van der Waals surface area contributed by atoms with Gasteiger partial charge in [0.2, 0.25) is 10.0 Å². The highest BCUT2D eigenvalue weighted by molar-refractivity contribution is 7.89. The predicted octanol–water partition coefficient (Wildman–Crippen LogP) is 2.41. The van der Waals surface area contributed by atoms with E-state index in [1.54, 1.807) is 24.2 Å². The third-order valence-electron chi connectivity index (χ3n) is 5.42. The van der Waals surface area contributed by atoms with Crippen molar-refractivity contribution in [2.24, 2.45) is 5.92 Å². The van der Waals surface area contributed by atoms with Crippen LogP contribution in [0.5, 0.6) is 0 Å². The number of hydrogen-bond donors (Lipinski definition) is 1. The molecular weight excluding hydrogens is 314 g/mol. The summed E-state index contributed by atoms with van der Waals surface area (Å²) in [6.07, 6.45) is 1.71. The zero-order valence-electron chi connectivity index (χ0n) is 14.0. The molecule has 4 rings (SSSR count). The van der Waals surface area contributed by atoms with Crippen molar-refractivity contribution in [2.45, 2.75) is 57.4 Å². The van der Waals surface area contributed by atoms with E-state index in [0.717, 1.165) is 18.4 Å². The highest BCUT2D eigenvalue weighted by atomic mass is 32.2. The van der Waals surface area contributed by atoms with Gasteiger partial charge < -0.3 is 5.11 Å². The van der Waals surface area contributed by atoms with Crippen LogP contribution in [-0.4, -0.2) is 35.9 Å². The van der Waals surface area contributed by atoms with Gasteiger partial charge in [-0.05, 0) is 68.7 Å². The average molecular weight is 337 g/mol. The van der Waals surface area contributed by atoms with Gasteiger partial charge in [-0.3, -0.25) is 4.79 Å². The van der Waals surface area contributed by atoms with E-state index in [2.05, 4.69) is 0 Å². The van der Waals surface area contributed by atoms with Gasteiger partial charge in [0.05, 0.1) is 11.3 Å². The Kier molecular flexibility index (Phi) is 3.61. The van der Waals surface area contributed by atoms with E-state index in [1.165, 1.54) is 0 Å². The first-order valence-corrected chi connectivity index (χ1v) is 9.34. The Hall–Kier alpha value is -1.40. The van der Waals surface area contributed by atoms with Crippen molar-refractivity contribution in [3.8, 4) is 0 Å². The summed E-state index contributed by atoms with van der Waals surface area (Å²) in [5, 5.41) is 9.12. The van der Waals surface area contributed by atoms with Crippen molar-refractivity contribution in [1.29, 1.82) is 0 Å². The zero-order chi connectivity index (χ0) is 17.2. The number of aryl methyl sites for hydroxylation is 2. The molecule has 0 aromatic heterocycles. The fraction of sp³-hybridized carbons (Fsp3) is 0.588. The molecule has 1 aromatic rings. The highest BCUT2D eigenvalue weighted by Crippen LogP contribution is 2.52. The molecule has 5 nitrogen and oxygen atoms in total. The molecule has 3 aliphatic rings. The summed E-state index contributed by atoms with van der Waals surface area (Å²) in [5.74, 6) is -0.474. The van der Waals surface area contributed by atoms with Gasteiger partial charge in [0.1, 0.15) is 0 Å². The van der Waals surface area contributed by atoms with Gasteiger partial charge in [-0.25, -0.2) is 8.42 Å². The largest absolute Gasteiger partial charge is 0.481 e. The van der Waals surface area contributed by atoms with Crippen LogP contribution >= 0.6 is 0 Å². The Morgan fingerprint density at radius 3 is 2.39 bits per heavy atom. The molecule has 0 radical (unpaired) electrons. The summed E-state index contributed by atoms with van der Waals surface area (Å²) in [6.45, 7) is 7.95. The van der Waals surface area contributed by atoms with E-state index in [1.807, 2.05) is 13.8 Å². The van der Waals surface area contributed by atoms with Crippen LogP contribution < -0.4 is 0 Å². The molecule has 1 aromatic carbocycles. The first-order valence-electron chi connectivity index (χ1n) is 7.90. The summed E-state index contributed by atoms with van der Waals surface area (Å²) in [4.78, 5) is 11.4. The second-order valence-corrected chi connectivity index (χ2v) is 9.12. The maximum Gasteiger partial charge on any atom is 0.307 e. The maximum absolute atomic E-state index is 13.2. The lowest BCUT2D eigenvalue weighted by atomic mass is 9.75. The molecule has 0 spiro atoms. The minimum absolute atomic E-state index is 0.152. The van der Waals surface area contributed by atoms with E-state index < -0.39 is 16.0 Å². The standard InChI is InChI=1S/C17H23NO4S/c1-10-5-11(2)16(12(3)14(10)6-15(19)20)23(21,22)18-9-13-7-17(18,4)8-13/h5,13H,6-9H2,1-4H3,(H,19,20). The minimum Gasteiger partial charge on any atom is -0.481 e. The van der Waals surface area contributed by atoms with Crippen LogP contribution in [0.2, 0.25) is 0 Å². The number of hydrogen-bond acceptors (Lipinski definition) is 3. The van der Waals surface area contributed by atoms with Gasteiger partial charge in [-0.15, -0.1) is 0 Å². The second-order valence-electron chi connectivity index (χ2n) is 7.32. The highest BCUT2D eigenvalue weighted by Gasteiger charge is 2.57. The van der Waals surface area contributed by atoms with Crippen molar-refractivity contribution in [2.75, 3.05) is 6.54 Å². The number of benzene rings is 1. The molecule has 2 heterocycles. The van der Waals surface area contributed by atoms with Crippen LogP contribution in [0.3, 0.4) is 0 Å². The van der Waals surface area contributed by atoms with Crippen LogP contribution in [0.25, 0.3) is 0 Å². The Morgan fingerprint density at radius 2 is 1.91 bits per heavy atom. The SMILES string of the molecule is Cc1cc(C)c(S(=O)(=O)N2CC3CC2(C)C3)c(C)c1CC(=O)O. The molecule has 126 valence electrons. The Balaban J connectivity index is 2.14. The van der Waals surface area contributed by atoms with Gasteiger partial charge in [0, 0.05) is 12.1 Å². The number of carboxylic acid groups (broad SMARTS) is 1. The minimum atomic E-state index is -3.60. The Morgan fingerprint density at radius 1 is 1.30 bits per heavy atom.